The predicted molar refractivity (Wildman–Crippen MR) is 29.9 cm³/mol. The molecule has 0 radical (unpaired) electrons. The Balaban J connectivity index is 0. The van der Waals surface area contributed by atoms with Gasteiger partial charge in [-0.15, -0.1) is 0 Å². The average molecular weight is 203 g/mol. The molecule has 2 atom stereocenters. The second-order valence-electron chi connectivity index (χ2n) is 2.47. The largest absolute Gasteiger partial charge is 1.00 e. The second kappa shape index (κ2) is 7.23. The summed E-state index contributed by atoms with van der Waals surface area (Å²) in [7, 11) is 0. The maximum atomic E-state index is 10.3. The van der Waals surface area contributed by atoms with Gasteiger partial charge in [0.05, 0.1) is 12.0 Å². The summed E-state index contributed by atoms with van der Waals surface area (Å²) in [6.45, 7) is 0.386. The first-order valence-corrected chi connectivity index (χ1v) is 3.28. The van der Waals surface area contributed by atoms with Gasteiger partial charge in [-0.25, -0.2) is 0 Å². The van der Waals surface area contributed by atoms with E-state index in [1.54, 1.807) is 0 Å². The van der Waals surface area contributed by atoms with Crippen LogP contribution in [0.3, 0.4) is 0 Å². The molecular formula is C6H7NNa2O4. The number of hydrogen-bond donors (Lipinski definition) is 1. The van der Waals surface area contributed by atoms with Gasteiger partial charge in [-0.3, -0.25) is 0 Å². The van der Waals surface area contributed by atoms with Gasteiger partial charge < -0.3 is 25.1 Å². The molecule has 0 aliphatic carbocycles. The Morgan fingerprint density at radius 2 is 1.69 bits per heavy atom. The van der Waals surface area contributed by atoms with Crippen LogP contribution in [0, 0.1) is 5.92 Å². The van der Waals surface area contributed by atoms with Crippen molar-refractivity contribution in [1.82, 2.24) is 5.32 Å². The number of hydrogen-bond acceptors (Lipinski definition) is 5. The van der Waals surface area contributed by atoms with Crippen LogP contribution < -0.4 is 74.6 Å². The van der Waals surface area contributed by atoms with E-state index in [1.165, 1.54) is 0 Å². The van der Waals surface area contributed by atoms with Gasteiger partial charge in [0.15, 0.2) is 0 Å². The summed E-state index contributed by atoms with van der Waals surface area (Å²) in [5, 5.41) is 23.0. The molecule has 7 heteroatoms. The zero-order chi connectivity index (χ0) is 8.43. The molecule has 13 heavy (non-hydrogen) atoms. The van der Waals surface area contributed by atoms with E-state index in [9.17, 15) is 19.8 Å². The van der Waals surface area contributed by atoms with E-state index in [1.807, 2.05) is 0 Å². The number of carboxylic acid groups (broad SMARTS) is 2. The van der Waals surface area contributed by atoms with Crippen LogP contribution in [-0.4, -0.2) is 24.5 Å². The predicted octanol–water partition coefficient (Wildman–Crippen LogP) is -9.53. The zero-order valence-corrected chi connectivity index (χ0v) is 11.7. The molecule has 0 aromatic carbocycles. The molecule has 0 saturated carbocycles. The molecule has 1 saturated heterocycles. The van der Waals surface area contributed by atoms with Crippen LogP contribution in [0.4, 0.5) is 0 Å². The smallest absolute Gasteiger partial charge is 0.550 e. The summed E-state index contributed by atoms with van der Waals surface area (Å²) >= 11 is 0. The Morgan fingerprint density at radius 1 is 1.15 bits per heavy atom. The molecule has 0 bridgehead atoms. The van der Waals surface area contributed by atoms with Crippen LogP contribution in [0.5, 0.6) is 0 Å². The Morgan fingerprint density at radius 3 is 2.00 bits per heavy atom. The van der Waals surface area contributed by atoms with Crippen molar-refractivity contribution >= 4 is 11.9 Å². The summed E-state index contributed by atoms with van der Waals surface area (Å²) in [5.74, 6) is -3.65. The molecule has 0 amide bonds. The number of carbonyl (C=O) groups excluding carboxylic acids is 2. The number of rotatable bonds is 2. The summed E-state index contributed by atoms with van der Waals surface area (Å²) in [6, 6.07) is -1.08. The van der Waals surface area contributed by atoms with Crippen molar-refractivity contribution in [3.63, 3.8) is 0 Å². The van der Waals surface area contributed by atoms with E-state index in [2.05, 4.69) is 5.32 Å². The monoisotopic (exact) mass is 203 g/mol. The van der Waals surface area contributed by atoms with Crippen LogP contribution >= 0.6 is 0 Å². The third kappa shape index (κ3) is 4.29. The second-order valence-corrected chi connectivity index (χ2v) is 2.47. The summed E-state index contributed by atoms with van der Waals surface area (Å²) in [4.78, 5) is 20.5. The van der Waals surface area contributed by atoms with Crippen LogP contribution in [0.25, 0.3) is 0 Å². The van der Waals surface area contributed by atoms with Crippen molar-refractivity contribution in [3.8, 4) is 0 Å². The Kier molecular flexibility index (Phi) is 9.08. The van der Waals surface area contributed by atoms with E-state index in [4.69, 9.17) is 0 Å². The average Bonchev–Trinajstić information content (AvgIpc) is 2.32. The summed E-state index contributed by atoms with van der Waals surface area (Å²) in [5.41, 5.74) is 0. The van der Waals surface area contributed by atoms with Gasteiger partial charge in [0.25, 0.3) is 0 Å². The Hall–Kier alpha value is 0.900. The standard InChI is InChI=1S/C6H9NO4.2Na/c8-5(9)3-1-2-7-4(3)6(10)11;;/h3-4,7H,1-2H2,(H,8,9)(H,10,11);;/q;2*+1/p-2. The van der Waals surface area contributed by atoms with Crippen molar-refractivity contribution in [2.45, 2.75) is 12.5 Å². The quantitative estimate of drug-likeness (QED) is 0.450. The van der Waals surface area contributed by atoms with E-state index < -0.39 is 23.9 Å². The van der Waals surface area contributed by atoms with Crippen LogP contribution in [0.15, 0.2) is 0 Å². The van der Waals surface area contributed by atoms with Gasteiger partial charge in [-0.05, 0) is 13.0 Å². The van der Waals surface area contributed by atoms with Gasteiger partial charge in [0, 0.05) is 11.9 Å². The molecule has 1 fully saturated rings. The minimum absolute atomic E-state index is 0. The molecule has 1 rings (SSSR count). The van der Waals surface area contributed by atoms with Crippen molar-refractivity contribution in [1.29, 1.82) is 0 Å². The number of aliphatic carboxylic acids is 2. The van der Waals surface area contributed by atoms with Gasteiger partial charge in [0.2, 0.25) is 0 Å². The van der Waals surface area contributed by atoms with Crippen molar-refractivity contribution < 1.29 is 78.9 Å². The van der Waals surface area contributed by atoms with Crippen LogP contribution in [-0.2, 0) is 9.59 Å². The molecule has 5 nitrogen and oxygen atoms in total. The van der Waals surface area contributed by atoms with Gasteiger partial charge >= 0.3 is 59.1 Å². The fourth-order valence-electron chi connectivity index (χ4n) is 1.20. The Labute approximate surface area is 120 Å². The summed E-state index contributed by atoms with van der Waals surface area (Å²) < 4.78 is 0. The van der Waals surface area contributed by atoms with E-state index in [-0.39, 0.29) is 59.1 Å². The first-order valence-electron chi connectivity index (χ1n) is 3.28. The molecule has 62 valence electrons. The van der Waals surface area contributed by atoms with Crippen LogP contribution in [0.1, 0.15) is 6.42 Å². The minimum atomic E-state index is -1.38. The fraction of sp³-hybridized carbons (Fsp3) is 0.667. The van der Waals surface area contributed by atoms with Crippen molar-refractivity contribution in [3.05, 3.63) is 0 Å². The van der Waals surface area contributed by atoms with Gasteiger partial charge in [-0.2, -0.15) is 0 Å². The molecule has 1 N–H and O–H groups in total. The van der Waals surface area contributed by atoms with E-state index >= 15 is 0 Å². The maximum absolute atomic E-state index is 10.3. The topological polar surface area (TPSA) is 92.3 Å². The molecule has 1 aliphatic rings. The van der Waals surface area contributed by atoms with E-state index in [0.29, 0.717) is 13.0 Å². The van der Waals surface area contributed by atoms with Crippen molar-refractivity contribution in [2.75, 3.05) is 6.54 Å². The summed E-state index contributed by atoms with van der Waals surface area (Å²) in [6.07, 6.45) is 0.293. The molecular weight excluding hydrogens is 196 g/mol. The fourth-order valence-corrected chi connectivity index (χ4v) is 1.20. The molecule has 1 heterocycles. The van der Waals surface area contributed by atoms with Crippen molar-refractivity contribution in [2.24, 2.45) is 5.92 Å². The Bertz CT molecular complexity index is 179. The third-order valence-electron chi connectivity index (χ3n) is 1.78. The number of carboxylic acids is 2. The number of carbonyl (C=O) groups is 2. The normalized spacial score (nSPS) is 25.5. The molecule has 2 unspecified atom stereocenters. The van der Waals surface area contributed by atoms with Crippen LogP contribution in [0.2, 0.25) is 0 Å². The molecule has 0 aromatic rings. The van der Waals surface area contributed by atoms with Gasteiger partial charge in [0.1, 0.15) is 0 Å². The van der Waals surface area contributed by atoms with Gasteiger partial charge in [-0.1, -0.05) is 0 Å². The molecule has 1 aliphatic heterocycles. The number of nitrogens with one attached hydrogen (secondary N) is 1. The molecule has 0 spiro atoms. The minimum Gasteiger partial charge on any atom is -0.550 e. The van der Waals surface area contributed by atoms with E-state index in [0.717, 1.165) is 0 Å². The SMILES string of the molecule is O=C([O-])C1CCNC1C(=O)[O-].[Na+].[Na+]. The zero-order valence-electron chi connectivity index (χ0n) is 7.70. The maximum Gasteiger partial charge on any atom is 1.00 e. The third-order valence-corrected chi connectivity index (χ3v) is 1.78. The first kappa shape index (κ1) is 16.3. The first-order chi connectivity index (χ1) is 5.13. The molecule has 0 aromatic heterocycles.